The summed E-state index contributed by atoms with van der Waals surface area (Å²) in [7, 11) is -1.94. The molecule has 2 N–H and O–H groups in total. The second-order valence-corrected chi connectivity index (χ2v) is 10.7. The normalized spacial score (nSPS) is 16.2. The van der Waals surface area contributed by atoms with Crippen molar-refractivity contribution in [1.82, 2.24) is 20.1 Å². The molecule has 1 aliphatic rings. The van der Waals surface area contributed by atoms with E-state index in [1.54, 1.807) is 30.8 Å². The summed E-state index contributed by atoms with van der Waals surface area (Å²) in [6.07, 6.45) is 1.81. The van der Waals surface area contributed by atoms with Gasteiger partial charge in [-0.3, -0.25) is 9.40 Å². The number of pyridine rings is 1. The van der Waals surface area contributed by atoms with Gasteiger partial charge >= 0.3 is 0 Å². The fraction of sp³-hybridized carbons (Fsp3) is 0.259. The molecule has 1 aliphatic heterocycles. The minimum absolute atomic E-state index is 0.205. The number of rotatable bonds is 6. The largest absolute Gasteiger partial charge is 0.353 e. The van der Waals surface area contributed by atoms with E-state index in [2.05, 4.69) is 55.4 Å². The number of nitrogens with zero attached hydrogens (tertiary/aromatic N) is 4. The lowest BCUT2D eigenvalue weighted by Crippen LogP contribution is -2.46. The van der Waals surface area contributed by atoms with Crippen LogP contribution < -0.4 is 14.9 Å². The van der Waals surface area contributed by atoms with Crippen molar-refractivity contribution in [1.29, 1.82) is 0 Å². The number of nitrogens with one attached hydrogen (secondary N) is 2. The molecule has 9 heteroatoms. The van der Waals surface area contributed by atoms with E-state index in [9.17, 15) is 8.42 Å². The predicted octanol–water partition coefficient (Wildman–Crippen LogP) is 4.05. The van der Waals surface area contributed by atoms with Gasteiger partial charge < -0.3 is 10.2 Å². The lowest BCUT2D eigenvalue weighted by molar-refractivity contribution is 0.469. The molecule has 1 fully saturated rings. The molecule has 2 aromatic carbocycles. The van der Waals surface area contributed by atoms with Crippen molar-refractivity contribution < 1.29 is 8.42 Å². The standard InChI is InChI=1S/C27H30N6O2S/c1-19-27(20(2)32(3)30-19)31-36(34,35)24-11-9-21(10-12-24)23-13-14-29-26(17-23)33-16-15-28-25(18-33)22-7-5-4-6-8-22/h4-14,17,25,28,31H,15-16,18H2,1-3H3. The zero-order valence-corrected chi connectivity index (χ0v) is 21.5. The molecule has 3 heterocycles. The molecule has 0 saturated carbocycles. The van der Waals surface area contributed by atoms with E-state index in [-0.39, 0.29) is 10.9 Å². The number of anilines is 2. The van der Waals surface area contributed by atoms with Crippen LogP contribution in [0.5, 0.6) is 0 Å². The second-order valence-electron chi connectivity index (χ2n) is 9.07. The highest BCUT2D eigenvalue weighted by atomic mass is 32.2. The highest BCUT2D eigenvalue weighted by Crippen LogP contribution is 2.28. The summed E-state index contributed by atoms with van der Waals surface area (Å²) >= 11 is 0. The van der Waals surface area contributed by atoms with Gasteiger partial charge in [-0.05, 0) is 54.8 Å². The van der Waals surface area contributed by atoms with Crippen molar-refractivity contribution in [3.8, 4) is 11.1 Å². The topological polar surface area (TPSA) is 92.1 Å². The molecule has 2 aromatic heterocycles. The van der Waals surface area contributed by atoms with Crippen LogP contribution in [-0.2, 0) is 17.1 Å². The summed E-state index contributed by atoms with van der Waals surface area (Å²) in [6.45, 7) is 6.20. The van der Waals surface area contributed by atoms with E-state index < -0.39 is 10.0 Å². The van der Waals surface area contributed by atoms with Crippen molar-refractivity contribution >= 4 is 21.5 Å². The van der Waals surface area contributed by atoms with Crippen LogP contribution >= 0.6 is 0 Å². The Kier molecular flexibility index (Phi) is 6.51. The predicted molar refractivity (Wildman–Crippen MR) is 143 cm³/mol. The minimum Gasteiger partial charge on any atom is -0.353 e. The van der Waals surface area contributed by atoms with Crippen molar-refractivity contribution in [3.63, 3.8) is 0 Å². The molecular weight excluding hydrogens is 472 g/mol. The zero-order valence-electron chi connectivity index (χ0n) is 20.6. The molecule has 5 rings (SSSR count). The van der Waals surface area contributed by atoms with Crippen LogP contribution in [0.1, 0.15) is 23.0 Å². The fourth-order valence-electron chi connectivity index (χ4n) is 4.58. The minimum atomic E-state index is -3.73. The van der Waals surface area contributed by atoms with Crippen LogP contribution in [0.25, 0.3) is 11.1 Å². The monoisotopic (exact) mass is 502 g/mol. The molecular formula is C27H30N6O2S. The Morgan fingerprint density at radius 3 is 2.44 bits per heavy atom. The van der Waals surface area contributed by atoms with E-state index in [0.29, 0.717) is 11.4 Å². The van der Waals surface area contributed by atoms with Crippen LogP contribution in [0.2, 0.25) is 0 Å². The van der Waals surface area contributed by atoms with Gasteiger partial charge in [-0.1, -0.05) is 42.5 Å². The third-order valence-electron chi connectivity index (χ3n) is 6.69. The van der Waals surface area contributed by atoms with Gasteiger partial charge in [0.05, 0.1) is 22.0 Å². The average molecular weight is 503 g/mol. The molecule has 4 aromatic rings. The molecule has 0 radical (unpaired) electrons. The highest BCUT2D eigenvalue weighted by Gasteiger charge is 2.22. The maximum Gasteiger partial charge on any atom is 0.262 e. The van der Waals surface area contributed by atoms with E-state index in [1.165, 1.54) is 5.56 Å². The highest BCUT2D eigenvalue weighted by molar-refractivity contribution is 7.92. The molecule has 1 atom stereocenters. The van der Waals surface area contributed by atoms with Gasteiger partial charge in [-0.25, -0.2) is 13.4 Å². The molecule has 0 spiro atoms. The van der Waals surface area contributed by atoms with E-state index in [4.69, 9.17) is 0 Å². The van der Waals surface area contributed by atoms with Gasteiger partial charge in [0.15, 0.2) is 0 Å². The summed E-state index contributed by atoms with van der Waals surface area (Å²) in [5.74, 6) is 0.913. The van der Waals surface area contributed by atoms with Crippen LogP contribution in [0, 0.1) is 13.8 Å². The molecule has 186 valence electrons. The molecule has 1 unspecified atom stereocenters. The van der Waals surface area contributed by atoms with Crippen molar-refractivity contribution in [3.05, 3.63) is 89.9 Å². The van der Waals surface area contributed by atoms with E-state index in [1.807, 2.05) is 37.4 Å². The molecule has 1 saturated heterocycles. The van der Waals surface area contributed by atoms with Crippen molar-refractivity contribution in [2.24, 2.45) is 7.05 Å². The molecule has 0 bridgehead atoms. The lowest BCUT2D eigenvalue weighted by Gasteiger charge is -2.35. The van der Waals surface area contributed by atoms with Gasteiger partial charge in [-0.15, -0.1) is 0 Å². The van der Waals surface area contributed by atoms with Crippen molar-refractivity contribution in [2.45, 2.75) is 24.8 Å². The maximum atomic E-state index is 13.0. The first-order valence-corrected chi connectivity index (χ1v) is 13.4. The Morgan fingerprint density at radius 1 is 1.00 bits per heavy atom. The number of benzene rings is 2. The summed E-state index contributed by atoms with van der Waals surface area (Å²) in [6, 6.07) is 21.6. The first kappa shape index (κ1) is 24.0. The SMILES string of the molecule is Cc1nn(C)c(C)c1NS(=O)(=O)c1ccc(-c2ccnc(N3CCNC(c4ccccc4)C3)c2)cc1. The van der Waals surface area contributed by atoms with Gasteiger partial charge in [0.2, 0.25) is 0 Å². The van der Waals surface area contributed by atoms with Crippen LogP contribution in [-0.4, -0.2) is 42.8 Å². The Hall–Kier alpha value is -3.69. The van der Waals surface area contributed by atoms with Gasteiger partial charge in [0, 0.05) is 38.9 Å². The Morgan fingerprint density at radius 2 is 1.75 bits per heavy atom. The van der Waals surface area contributed by atoms with Gasteiger partial charge in [0.1, 0.15) is 5.82 Å². The van der Waals surface area contributed by atoms with Gasteiger partial charge in [-0.2, -0.15) is 5.10 Å². The van der Waals surface area contributed by atoms with Crippen LogP contribution in [0.15, 0.2) is 77.8 Å². The maximum absolute atomic E-state index is 13.0. The number of piperazine rings is 1. The second kappa shape index (κ2) is 9.75. The number of sulfonamides is 1. The Labute approximate surface area is 212 Å². The number of hydrogen-bond acceptors (Lipinski definition) is 6. The number of aromatic nitrogens is 3. The van der Waals surface area contributed by atoms with Crippen LogP contribution in [0.3, 0.4) is 0 Å². The summed E-state index contributed by atoms with van der Waals surface area (Å²) < 4.78 is 30.4. The summed E-state index contributed by atoms with van der Waals surface area (Å²) in [4.78, 5) is 7.12. The third-order valence-corrected chi connectivity index (χ3v) is 8.06. The quantitative estimate of drug-likeness (QED) is 0.413. The third kappa shape index (κ3) is 4.84. The van der Waals surface area contributed by atoms with E-state index in [0.717, 1.165) is 42.3 Å². The molecule has 36 heavy (non-hydrogen) atoms. The average Bonchev–Trinajstić information content (AvgIpc) is 3.15. The first-order chi connectivity index (χ1) is 17.3. The fourth-order valence-corrected chi connectivity index (χ4v) is 5.76. The van der Waals surface area contributed by atoms with Crippen LogP contribution in [0.4, 0.5) is 11.5 Å². The smallest absolute Gasteiger partial charge is 0.262 e. The zero-order chi connectivity index (χ0) is 25.3. The molecule has 8 nitrogen and oxygen atoms in total. The van der Waals surface area contributed by atoms with Gasteiger partial charge in [0.25, 0.3) is 10.0 Å². The molecule has 0 amide bonds. The first-order valence-electron chi connectivity index (χ1n) is 11.9. The number of hydrogen-bond donors (Lipinski definition) is 2. The van der Waals surface area contributed by atoms with Crippen molar-refractivity contribution in [2.75, 3.05) is 29.3 Å². The summed E-state index contributed by atoms with van der Waals surface area (Å²) in [5, 5.41) is 7.88. The molecule has 0 aliphatic carbocycles. The Bertz CT molecular complexity index is 1470. The summed E-state index contributed by atoms with van der Waals surface area (Å²) in [5.41, 5.74) is 5.11. The van der Waals surface area contributed by atoms with E-state index >= 15 is 0 Å². The number of aryl methyl sites for hydroxylation is 2. The lowest BCUT2D eigenvalue weighted by atomic mass is 10.0. The Balaban J connectivity index is 1.34.